The summed E-state index contributed by atoms with van der Waals surface area (Å²) in [5, 5.41) is 4.00. The maximum atomic E-state index is 12.9. The quantitative estimate of drug-likeness (QED) is 0.681. The second kappa shape index (κ2) is 3.69. The number of aromatic nitrogens is 3. The minimum absolute atomic E-state index is 0.165. The van der Waals surface area contributed by atoms with Crippen molar-refractivity contribution in [3.8, 4) is 11.1 Å². The number of pyridine rings is 1. The van der Waals surface area contributed by atoms with Gasteiger partial charge in [0, 0.05) is 5.56 Å². The van der Waals surface area contributed by atoms with Crippen molar-refractivity contribution in [2.24, 2.45) is 0 Å². The van der Waals surface area contributed by atoms with Crippen molar-refractivity contribution in [3.63, 3.8) is 0 Å². The second-order valence-corrected chi connectivity index (χ2v) is 3.88. The molecule has 2 aromatic heterocycles. The molecule has 0 saturated carbocycles. The van der Waals surface area contributed by atoms with Crippen molar-refractivity contribution >= 4 is 17.4 Å². The van der Waals surface area contributed by atoms with Gasteiger partial charge in [-0.15, -0.1) is 5.10 Å². The van der Waals surface area contributed by atoms with E-state index in [0.29, 0.717) is 11.5 Å². The summed E-state index contributed by atoms with van der Waals surface area (Å²) < 4.78 is 14.4. The van der Waals surface area contributed by atoms with Crippen molar-refractivity contribution in [1.29, 1.82) is 0 Å². The topological polar surface area (TPSA) is 82.2 Å². The Morgan fingerprint density at radius 3 is 2.44 bits per heavy atom. The van der Waals surface area contributed by atoms with E-state index >= 15 is 0 Å². The van der Waals surface area contributed by atoms with E-state index < -0.39 is 0 Å². The molecule has 0 amide bonds. The van der Waals surface area contributed by atoms with E-state index in [0.717, 1.165) is 11.1 Å². The average molecular weight is 243 g/mol. The number of nitrogens with two attached hydrogens (primary N) is 2. The number of benzene rings is 1. The summed E-state index contributed by atoms with van der Waals surface area (Å²) in [5.74, 6) is 0.296. The van der Waals surface area contributed by atoms with Gasteiger partial charge in [0.15, 0.2) is 5.65 Å². The Bertz CT molecular complexity index is 717. The van der Waals surface area contributed by atoms with E-state index in [9.17, 15) is 4.39 Å². The Labute approximate surface area is 102 Å². The monoisotopic (exact) mass is 243 g/mol. The summed E-state index contributed by atoms with van der Waals surface area (Å²) in [6.07, 6.45) is 0. The highest BCUT2D eigenvalue weighted by Crippen LogP contribution is 2.26. The number of anilines is 2. The van der Waals surface area contributed by atoms with Crippen molar-refractivity contribution in [3.05, 3.63) is 42.2 Å². The molecule has 0 aliphatic heterocycles. The summed E-state index contributed by atoms with van der Waals surface area (Å²) in [5.41, 5.74) is 13.7. The van der Waals surface area contributed by atoms with Gasteiger partial charge < -0.3 is 11.5 Å². The number of nitrogens with zero attached hydrogens (tertiary/aromatic N) is 3. The third-order valence-electron chi connectivity index (χ3n) is 2.71. The molecule has 0 aliphatic rings. The van der Waals surface area contributed by atoms with Crippen LogP contribution in [-0.2, 0) is 0 Å². The molecule has 1 aromatic carbocycles. The van der Waals surface area contributed by atoms with E-state index in [1.165, 1.54) is 16.6 Å². The van der Waals surface area contributed by atoms with Gasteiger partial charge in [0.05, 0.1) is 0 Å². The number of hydrogen-bond donors (Lipinski definition) is 2. The zero-order valence-electron chi connectivity index (χ0n) is 9.34. The fourth-order valence-corrected chi connectivity index (χ4v) is 1.86. The first-order valence-electron chi connectivity index (χ1n) is 5.32. The third-order valence-corrected chi connectivity index (χ3v) is 2.71. The summed E-state index contributed by atoms with van der Waals surface area (Å²) in [4.78, 5) is 4.01. The molecule has 0 saturated heterocycles. The van der Waals surface area contributed by atoms with Crippen LogP contribution in [0.4, 0.5) is 16.2 Å². The molecule has 0 spiro atoms. The molecule has 3 rings (SSSR count). The lowest BCUT2D eigenvalue weighted by molar-refractivity contribution is 0.628. The highest BCUT2D eigenvalue weighted by molar-refractivity contribution is 5.76. The van der Waals surface area contributed by atoms with Gasteiger partial charge in [-0.25, -0.2) is 4.39 Å². The van der Waals surface area contributed by atoms with Gasteiger partial charge in [-0.1, -0.05) is 12.1 Å². The van der Waals surface area contributed by atoms with E-state index in [2.05, 4.69) is 10.1 Å². The normalized spacial score (nSPS) is 10.9. The number of halogens is 1. The summed E-state index contributed by atoms with van der Waals surface area (Å²) in [7, 11) is 0. The highest BCUT2D eigenvalue weighted by Gasteiger charge is 2.09. The molecule has 18 heavy (non-hydrogen) atoms. The molecular weight excluding hydrogens is 233 g/mol. The predicted molar refractivity (Wildman–Crippen MR) is 67.2 cm³/mol. The minimum Gasteiger partial charge on any atom is -0.383 e. The minimum atomic E-state index is -0.289. The van der Waals surface area contributed by atoms with Crippen LogP contribution in [0.5, 0.6) is 0 Å². The van der Waals surface area contributed by atoms with Crippen LogP contribution in [0.3, 0.4) is 0 Å². The molecule has 90 valence electrons. The first-order chi connectivity index (χ1) is 8.65. The Hall–Kier alpha value is -2.63. The van der Waals surface area contributed by atoms with Crippen LogP contribution < -0.4 is 11.5 Å². The van der Waals surface area contributed by atoms with Crippen LogP contribution in [0.15, 0.2) is 36.4 Å². The lowest BCUT2D eigenvalue weighted by Crippen LogP contribution is -2.01. The molecule has 4 N–H and O–H groups in total. The van der Waals surface area contributed by atoms with Crippen LogP contribution in [0.2, 0.25) is 0 Å². The summed E-state index contributed by atoms with van der Waals surface area (Å²) >= 11 is 0. The second-order valence-electron chi connectivity index (χ2n) is 3.88. The fraction of sp³-hybridized carbons (Fsp3) is 0. The largest absolute Gasteiger partial charge is 0.383 e. The van der Waals surface area contributed by atoms with Crippen molar-refractivity contribution in [1.82, 2.24) is 14.6 Å². The molecule has 3 aromatic rings. The molecule has 6 heteroatoms. The lowest BCUT2D eigenvalue weighted by Gasteiger charge is -2.06. The van der Waals surface area contributed by atoms with E-state index in [-0.39, 0.29) is 11.8 Å². The maximum Gasteiger partial charge on any atom is 0.240 e. The van der Waals surface area contributed by atoms with Crippen LogP contribution in [0, 0.1) is 5.82 Å². The third kappa shape index (κ3) is 1.55. The van der Waals surface area contributed by atoms with Crippen LogP contribution in [0.25, 0.3) is 16.8 Å². The molecule has 0 atom stereocenters. The molecule has 0 fully saturated rings. The number of fused-ring (bicyclic) bond motifs is 1. The molecule has 0 unspecified atom stereocenters. The van der Waals surface area contributed by atoms with Crippen LogP contribution >= 0.6 is 0 Å². The number of rotatable bonds is 1. The average Bonchev–Trinajstić information content (AvgIpc) is 2.73. The van der Waals surface area contributed by atoms with E-state index in [1.54, 1.807) is 18.2 Å². The van der Waals surface area contributed by atoms with Crippen molar-refractivity contribution < 1.29 is 4.39 Å². The van der Waals surface area contributed by atoms with Gasteiger partial charge in [-0.05, 0) is 29.8 Å². The number of nitrogen functional groups attached to an aromatic ring is 2. The standard InChI is InChI=1S/C12H10FN5/c13-8-3-1-7(2-4-8)9-5-6-10-16-12(15)17-18(10)11(9)14/h1-6H,14H2,(H2,15,17). The Morgan fingerprint density at radius 2 is 1.72 bits per heavy atom. The highest BCUT2D eigenvalue weighted by atomic mass is 19.1. The molecule has 0 radical (unpaired) electrons. The molecule has 2 heterocycles. The molecular formula is C12H10FN5. The van der Waals surface area contributed by atoms with Gasteiger partial charge in [0.25, 0.3) is 0 Å². The van der Waals surface area contributed by atoms with E-state index in [4.69, 9.17) is 11.5 Å². The SMILES string of the molecule is Nc1nc2ccc(-c3ccc(F)cc3)c(N)n2n1. The zero-order valence-corrected chi connectivity index (χ0v) is 9.34. The summed E-state index contributed by atoms with van der Waals surface area (Å²) in [6, 6.07) is 9.66. The smallest absolute Gasteiger partial charge is 0.240 e. The van der Waals surface area contributed by atoms with Crippen molar-refractivity contribution in [2.45, 2.75) is 0 Å². The van der Waals surface area contributed by atoms with Gasteiger partial charge in [0.1, 0.15) is 11.6 Å². The zero-order chi connectivity index (χ0) is 12.7. The van der Waals surface area contributed by atoms with Crippen LogP contribution in [-0.4, -0.2) is 14.6 Å². The molecule has 0 bridgehead atoms. The Kier molecular flexibility index (Phi) is 2.16. The first kappa shape index (κ1) is 10.5. The lowest BCUT2D eigenvalue weighted by atomic mass is 10.1. The van der Waals surface area contributed by atoms with E-state index in [1.807, 2.05) is 6.07 Å². The molecule has 0 aliphatic carbocycles. The fourth-order valence-electron chi connectivity index (χ4n) is 1.86. The van der Waals surface area contributed by atoms with Crippen LogP contribution in [0.1, 0.15) is 0 Å². The number of hydrogen-bond acceptors (Lipinski definition) is 4. The summed E-state index contributed by atoms with van der Waals surface area (Å²) in [6.45, 7) is 0. The maximum absolute atomic E-state index is 12.9. The molecule has 5 nitrogen and oxygen atoms in total. The van der Waals surface area contributed by atoms with Gasteiger partial charge in [-0.3, -0.25) is 0 Å². The predicted octanol–water partition coefficient (Wildman–Crippen LogP) is 1.70. The van der Waals surface area contributed by atoms with Gasteiger partial charge in [0.2, 0.25) is 5.95 Å². The first-order valence-corrected chi connectivity index (χ1v) is 5.32. The Balaban J connectivity index is 2.23. The Morgan fingerprint density at radius 1 is 1.00 bits per heavy atom. The van der Waals surface area contributed by atoms with Crippen molar-refractivity contribution in [2.75, 3.05) is 11.5 Å². The van der Waals surface area contributed by atoms with Gasteiger partial charge >= 0.3 is 0 Å². The van der Waals surface area contributed by atoms with Gasteiger partial charge in [-0.2, -0.15) is 9.50 Å².